The third-order valence-electron chi connectivity index (χ3n) is 4.75. The Morgan fingerprint density at radius 1 is 0.846 bits per heavy atom. The number of fused-ring (bicyclic) bond motifs is 1. The first-order valence-corrected chi connectivity index (χ1v) is 8.50. The van der Waals surface area contributed by atoms with E-state index in [9.17, 15) is 8.78 Å². The molecular weight excluding hydrogens is 330 g/mol. The summed E-state index contributed by atoms with van der Waals surface area (Å²) in [5.74, 6) is -0.540. The molecule has 4 heteroatoms. The van der Waals surface area contributed by atoms with Crippen LogP contribution in [0, 0.1) is 11.6 Å². The lowest BCUT2D eigenvalue weighted by Gasteiger charge is -2.32. The molecule has 1 aliphatic heterocycles. The first-order valence-electron chi connectivity index (χ1n) is 8.50. The summed E-state index contributed by atoms with van der Waals surface area (Å²) < 4.78 is 26.7. The molecule has 1 atom stereocenters. The summed E-state index contributed by atoms with van der Waals surface area (Å²) in [6, 6.07) is 20.7. The van der Waals surface area contributed by atoms with E-state index >= 15 is 0 Å². The SMILES string of the molecule is C[C@@]1(c2ccc(F)cc2)CC(c2ccc(F)cc2)=Nc2ccccc2N1. The van der Waals surface area contributed by atoms with Crippen molar-refractivity contribution in [1.29, 1.82) is 0 Å². The zero-order valence-corrected chi connectivity index (χ0v) is 14.3. The first kappa shape index (κ1) is 16.5. The Morgan fingerprint density at radius 3 is 2.15 bits per heavy atom. The molecule has 26 heavy (non-hydrogen) atoms. The highest BCUT2D eigenvalue weighted by molar-refractivity contribution is 6.04. The highest BCUT2D eigenvalue weighted by atomic mass is 19.1. The molecule has 0 saturated carbocycles. The fourth-order valence-electron chi connectivity index (χ4n) is 3.34. The van der Waals surface area contributed by atoms with Crippen LogP contribution in [-0.4, -0.2) is 5.71 Å². The summed E-state index contributed by atoms with van der Waals surface area (Å²) >= 11 is 0. The Kier molecular flexibility index (Phi) is 4.03. The van der Waals surface area contributed by atoms with Crippen molar-refractivity contribution in [3.05, 3.63) is 95.6 Å². The number of rotatable bonds is 2. The third-order valence-corrected chi connectivity index (χ3v) is 4.75. The van der Waals surface area contributed by atoms with Crippen LogP contribution in [0.4, 0.5) is 20.2 Å². The third kappa shape index (κ3) is 3.10. The molecule has 0 aliphatic carbocycles. The van der Waals surface area contributed by atoms with E-state index in [1.54, 1.807) is 24.3 Å². The van der Waals surface area contributed by atoms with Crippen molar-refractivity contribution in [2.75, 3.05) is 5.32 Å². The quantitative estimate of drug-likeness (QED) is 0.620. The molecular formula is C22H18F2N2. The van der Waals surface area contributed by atoms with E-state index in [4.69, 9.17) is 4.99 Å². The predicted molar refractivity (Wildman–Crippen MR) is 101 cm³/mol. The van der Waals surface area contributed by atoms with Crippen molar-refractivity contribution in [2.45, 2.75) is 18.9 Å². The highest BCUT2D eigenvalue weighted by Gasteiger charge is 2.32. The van der Waals surface area contributed by atoms with Gasteiger partial charge in [-0.1, -0.05) is 36.4 Å². The van der Waals surface area contributed by atoms with Gasteiger partial charge in [-0.3, -0.25) is 4.99 Å². The molecule has 0 saturated heterocycles. The van der Waals surface area contributed by atoms with Crippen molar-refractivity contribution >= 4 is 17.1 Å². The van der Waals surface area contributed by atoms with Crippen molar-refractivity contribution in [3.63, 3.8) is 0 Å². The highest BCUT2D eigenvalue weighted by Crippen LogP contribution is 2.39. The van der Waals surface area contributed by atoms with Crippen LogP contribution < -0.4 is 5.32 Å². The second kappa shape index (κ2) is 6.37. The molecule has 0 amide bonds. The van der Waals surface area contributed by atoms with Crippen LogP contribution in [0.15, 0.2) is 77.8 Å². The number of nitrogens with one attached hydrogen (secondary N) is 1. The second-order valence-electron chi connectivity index (χ2n) is 6.72. The van der Waals surface area contributed by atoms with Gasteiger partial charge in [-0.05, 0) is 54.4 Å². The number of nitrogens with zero attached hydrogens (tertiary/aromatic N) is 1. The first-order chi connectivity index (χ1) is 12.5. The fourth-order valence-corrected chi connectivity index (χ4v) is 3.34. The van der Waals surface area contributed by atoms with Crippen LogP contribution >= 0.6 is 0 Å². The van der Waals surface area contributed by atoms with Crippen molar-refractivity contribution < 1.29 is 8.78 Å². The lowest BCUT2D eigenvalue weighted by molar-refractivity contribution is 0.566. The van der Waals surface area contributed by atoms with E-state index in [1.165, 1.54) is 24.3 Å². The molecule has 4 rings (SSSR count). The van der Waals surface area contributed by atoms with E-state index < -0.39 is 5.54 Å². The van der Waals surface area contributed by atoms with Gasteiger partial charge in [-0.25, -0.2) is 8.78 Å². The fraction of sp³-hybridized carbons (Fsp3) is 0.136. The van der Waals surface area contributed by atoms with E-state index in [0.29, 0.717) is 6.42 Å². The van der Waals surface area contributed by atoms with E-state index in [-0.39, 0.29) is 11.6 Å². The Hall–Kier alpha value is -3.01. The molecule has 0 spiro atoms. The van der Waals surface area contributed by atoms with Gasteiger partial charge in [0, 0.05) is 6.42 Å². The normalized spacial score (nSPS) is 19.1. The maximum Gasteiger partial charge on any atom is 0.123 e. The summed E-state index contributed by atoms with van der Waals surface area (Å²) in [4.78, 5) is 4.84. The minimum atomic E-state index is -0.479. The van der Waals surface area contributed by atoms with Crippen LogP contribution in [0.1, 0.15) is 24.5 Å². The molecule has 2 nitrogen and oxygen atoms in total. The number of benzene rings is 3. The zero-order valence-electron chi connectivity index (χ0n) is 14.3. The van der Waals surface area contributed by atoms with Gasteiger partial charge in [-0.15, -0.1) is 0 Å². The molecule has 1 aliphatic rings. The Balaban J connectivity index is 1.84. The topological polar surface area (TPSA) is 24.4 Å². The molecule has 1 N–H and O–H groups in total. The van der Waals surface area contributed by atoms with Crippen LogP contribution in [0.2, 0.25) is 0 Å². The number of hydrogen-bond donors (Lipinski definition) is 1. The number of hydrogen-bond acceptors (Lipinski definition) is 2. The molecule has 3 aromatic rings. The molecule has 0 bridgehead atoms. The molecule has 0 aromatic heterocycles. The van der Waals surface area contributed by atoms with Gasteiger partial charge in [0.25, 0.3) is 0 Å². The van der Waals surface area contributed by atoms with Gasteiger partial charge in [0.05, 0.1) is 22.6 Å². The van der Waals surface area contributed by atoms with E-state index in [0.717, 1.165) is 28.2 Å². The summed E-state index contributed by atoms with van der Waals surface area (Å²) in [5.41, 5.74) is 3.96. The Labute approximate surface area is 151 Å². The molecule has 1 heterocycles. The van der Waals surface area contributed by atoms with Crippen LogP contribution in [0.25, 0.3) is 0 Å². The Bertz CT molecular complexity index is 962. The van der Waals surface area contributed by atoms with E-state index in [2.05, 4.69) is 12.2 Å². The number of halogens is 2. The van der Waals surface area contributed by atoms with Gasteiger partial charge in [0.1, 0.15) is 11.6 Å². The molecule has 0 unspecified atom stereocenters. The molecule has 3 aromatic carbocycles. The summed E-state index contributed by atoms with van der Waals surface area (Å²) in [7, 11) is 0. The lowest BCUT2D eigenvalue weighted by atomic mass is 9.85. The van der Waals surface area contributed by atoms with Crippen molar-refractivity contribution in [2.24, 2.45) is 4.99 Å². The van der Waals surface area contributed by atoms with Crippen molar-refractivity contribution in [3.8, 4) is 0 Å². The number of para-hydroxylation sites is 2. The summed E-state index contributed by atoms with van der Waals surface area (Å²) in [5, 5.41) is 3.57. The van der Waals surface area contributed by atoms with Gasteiger partial charge in [0.15, 0.2) is 0 Å². The minimum Gasteiger partial charge on any atom is -0.374 e. The predicted octanol–water partition coefficient (Wildman–Crippen LogP) is 5.82. The number of aliphatic imine (C=N–C) groups is 1. The molecule has 0 fully saturated rings. The monoisotopic (exact) mass is 348 g/mol. The summed E-state index contributed by atoms with van der Waals surface area (Å²) in [6.07, 6.45) is 0.582. The van der Waals surface area contributed by atoms with Crippen LogP contribution in [-0.2, 0) is 5.54 Å². The maximum absolute atomic E-state index is 13.4. The zero-order chi connectivity index (χ0) is 18.1. The van der Waals surface area contributed by atoms with Gasteiger partial charge < -0.3 is 5.32 Å². The van der Waals surface area contributed by atoms with Crippen molar-refractivity contribution in [1.82, 2.24) is 0 Å². The molecule has 0 radical (unpaired) electrons. The Morgan fingerprint density at radius 2 is 1.46 bits per heavy atom. The van der Waals surface area contributed by atoms with Crippen LogP contribution in [0.5, 0.6) is 0 Å². The maximum atomic E-state index is 13.4. The lowest BCUT2D eigenvalue weighted by Crippen LogP contribution is -2.33. The molecule has 130 valence electrons. The second-order valence-corrected chi connectivity index (χ2v) is 6.72. The van der Waals surface area contributed by atoms with Gasteiger partial charge in [-0.2, -0.15) is 0 Å². The number of anilines is 1. The average Bonchev–Trinajstić information content (AvgIpc) is 2.79. The van der Waals surface area contributed by atoms with Gasteiger partial charge >= 0.3 is 0 Å². The standard InChI is InChI=1S/C22H18F2N2/c1-22(16-8-12-18(24)13-9-16)14-21(15-6-10-17(23)11-7-15)25-19-4-2-3-5-20(19)26-22/h2-13,26H,14H2,1H3/t22-/m0/s1. The van der Waals surface area contributed by atoms with Crippen LogP contribution in [0.3, 0.4) is 0 Å². The van der Waals surface area contributed by atoms with Gasteiger partial charge in [0.2, 0.25) is 0 Å². The average molecular weight is 348 g/mol. The summed E-state index contributed by atoms with van der Waals surface area (Å²) in [6.45, 7) is 2.07. The minimum absolute atomic E-state index is 0.265. The largest absolute Gasteiger partial charge is 0.374 e. The smallest absolute Gasteiger partial charge is 0.123 e. The van der Waals surface area contributed by atoms with E-state index in [1.807, 2.05) is 24.3 Å².